The van der Waals surface area contributed by atoms with E-state index in [9.17, 15) is 0 Å². The molecule has 21 heavy (non-hydrogen) atoms. The van der Waals surface area contributed by atoms with Crippen LogP contribution in [0.1, 0.15) is 6.42 Å². The third kappa shape index (κ3) is 6.11. The summed E-state index contributed by atoms with van der Waals surface area (Å²) in [5.74, 6) is 0. The zero-order valence-corrected chi connectivity index (χ0v) is 12.7. The van der Waals surface area contributed by atoms with E-state index in [0.29, 0.717) is 32.8 Å². The van der Waals surface area contributed by atoms with Crippen LogP contribution in [0.5, 0.6) is 0 Å². The van der Waals surface area contributed by atoms with Crippen LogP contribution in [0.2, 0.25) is 0 Å². The predicted octanol–water partition coefficient (Wildman–Crippen LogP) is 2.09. The predicted molar refractivity (Wildman–Crippen MR) is 81.2 cm³/mol. The Morgan fingerprint density at radius 1 is 1.05 bits per heavy atom. The maximum absolute atomic E-state index is 5.86. The highest BCUT2D eigenvalue weighted by Crippen LogP contribution is 2.26. The molecule has 1 saturated heterocycles. The molecule has 0 bridgehead atoms. The van der Waals surface area contributed by atoms with Gasteiger partial charge in [-0.05, 0) is 0 Å². The van der Waals surface area contributed by atoms with E-state index in [1.807, 2.05) is 0 Å². The van der Waals surface area contributed by atoms with Crippen LogP contribution in [0, 0.1) is 0 Å². The van der Waals surface area contributed by atoms with Crippen LogP contribution in [-0.4, -0.2) is 58.1 Å². The summed E-state index contributed by atoms with van der Waals surface area (Å²) >= 11 is 0. The number of methoxy groups -OCH3 is 1. The fourth-order valence-electron chi connectivity index (χ4n) is 2.19. The van der Waals surface area contributed by atoms with Crippen molar-refractivity contribution in [3.8, 4) is 0 Å². The summed E-state index contributed by atoms with van der Waals surface area (Å²) in [5, 5.41) is 0. The van der Waals surface area contributed by atoms with Crippen molar-refractivity contribution in [2.45, 2.75) is 31.0 Å². The maximum atomic E-state index is 5.86. The van der Waals surface area contributed by atoms with E-state index >= 15 is 0 Å². The molecule has 1 heterocycles. The quantitative estimate of drug-likeness (QED) is 0.432. The molecule has 1 rings (SSSR count). The summed E-state index contributed by atoms with van der Waals surface area (Å²) in [6.07, 6.45) is 4.74. The van der Waals surface area contributed by atoms with Crippen molar-refractivity contribution in [3.05, 3.63) is 38.0 Å². The highest BCUT2D eigenvalue weighted by Gasteiger charge is 2.40. The summed E-state index contributed by atoms with van der Waals surface area (Å²) in [7, 11) is 1.59. The second-order valence-electron chi connectivity index (χ2n) is 4.67. The zero-order chi connectivity index (χ0) is 15.5. The molecule has 120 valence electrons. The lowest BCUT2D eigenvalue weighted by Gasteiger charge is -2.40. The first-order chi connectivity index (χ1) is 10.3. The second-order valence-corrected chi connectivity index (χ2v) is 4.67. The minimum Gasteiger partial charge on any atom is -0.375 e. The van der Waals surface area contributed by atoms with E-state index in [1.54, 1.807) is 25.3 Å². The molecule has 0 N–H and O–H groups in total. The van der Waals surface area contributed by atoms with Crippen LogP contribution >= 0.6 is 0 Å². The Bertz CT molecular complexity index is 318. The third-order valence-corrected chi connectivity index (χ3v) is 3.06. The number of rotatable bonds is 11. The lowest BCUT2D eigenvalue weighted by molar-refractivity contribution is -0.278. The van der Waals surface area contributed by atoms with Gasteiger partial charge in [-0.3, -0.25) is 0 Å². The van der Waals surface area contributed by atoms with Gasteiger partial charge in [0.15, 0.2) is 6.29 Å². The number of hydrogen-bond donors (Lipinski definition) is 0. The lowest BCUT2D eigenvalue weighted by Crippen LogP contribution is -2.52. The van der Waals surface area contributed by atoms with Crippen molar-refractivity contribution in [1.29, 1.82) is 0 Å². The molecule has 0 aliphatic carbocycles. The van der Waals surface area contributed by atoms with Gasteiger partial charge in [0.2, 0.25) is 0 Å². The van der Waals surface area contributed by atoms with Gasteiger partial charge in [-0.15, -0.1) is 19.7 Å². The molecule has 0 radical (unpaired) electrons. The van der Waals surface area contributed by atoms with Crippen LogP contribution in [0.25, 0.3) is 0 Å². The first-order valence-corrected chi connectivity index (χ1v) is 7.08. The summed E-state index contributed by atoms with van der Waals surface area (Å²) in [4.78, 5) is 0. The van der Waals surface area contributed by atoms with E-state index in [1.165, 1.54) is 0 Å². The van der Waals surface area contributed by atoms with Crippen molar-refractivity contribution in [1.82, 2.24) is 0 Å². The van der Waals surface area contributed by atoms with Crippen LogP contribution in [0.4, 0.5) is 0 Å². The van der Waals surface area contributed by atoms with Crippen LogP contribution in [-0.2, 0) is 23.7 Å². The highest BCUT2D eigenvalue weighted by atomic mass is 16.7. The molecule has 0 spiro atoms. The number of ether oxygens (including phenoxy) is 5. The monoisotopic (exact) mass is 298 g/mol. The van der Waals surface area contributed by atoms with E-state index in [0.717, 1.165) is 0 Å². The molecule has 0 aromatic carbocycles. The van der Waals surface area contributed by atoms with Gasteiger partial charge in [-0.2, -0.15) is 0 Å². The van der Waals surface area contributed by atoms with Crippen LogP contribution < -0.4 is 0 Å². The first-order valence-electron chi connectivity index (χ1n) is 7.08. The average molecular weight is 298 g/mol. The van der Waals surface area contributed by atoms with Gasteiger partial charge in [-0.1, -0.05) is 18.2 Å². The Labute approximate surface area is 127 Å². The maximum Gasteiger partial charge on any atom is 0.186 e. The Kier molecular flexibility index (Phi) is 9.21. The molecule has 0 unspecified atom stereocenters. The van der Waals surface area contributed by atoms with Crippen molar-refractivity contribution in [2.75, 3.05) is 33.5 Å². The summed E-state index contributed by atoms with van der Waals surface area (Å²) in [6, 6.07) is 0. The Morgan fingerprint density at radius 3 is 2.33 bits per heavy atom. The molecule has 5 nitrogen and oxygen atoms in total. The minimum atomic E-state index is -0.495. The van der Waals surface area contributed by atoms with Gasteiger partial charge in [-0.25, -0.2) is 0 Å². The van der Waals surface area contributed by atoms with Gasteiger partial charge in [0.05, 0.1) is 38.6 Å². The molecule has 0 aromatic heterocycles. The molecule has 1 aliphatic heterocycles. The van der Waals surface area contributed by atoms with Crippen LogP contribution in [0.3, 0.4) is 0 Å². The largest absolute Gasteiger partial charge is 0.375 e. The van der Waals surface area contributed by atoms with Crippen molar-refractivity contribution in [2.24, 2.45) is 0 Å². The molecule has 1 fully saturated rings. The fourth-order valence-corrected chi connectivity index (χ4v) is 2.19. The smallest absolute Gasteiger partial charge is 0.186 e. The molecular formula is C16H26O5. The van der Waals surface area contributed by atoms with E-state index in [2.05, 4.69) is 19.7 Å². The van der Waals surface area contributed by atoms with Gasteiger partial charge >= 0.3 is 0 Å². The SMILES string of the molecule is C=CCOC[C@@H]1C[C@H](OCC=C)[C@@H](OCC=C)[C@@H](OC)O1. The standard InChI is InChI=1S/C16H26O5/c1-5-8-18-12-13-11-14(19-9-6-2)15(20-10-7-3)16(17-4)21-13/h5-7,13-16H,1-3,8-12H2,4H3/t13-,14-,15+,16-/m0/s1. The lowest BCUT2D eigenvalue weighted by atomic mass is 10.0. The van der Waals surface area contributed by atoms with Gasteiger partial charge in [0.1, 0.15) is 6.10 Å². The van der Waals surface area contributed by atoms with Crippen molar-refractivity contribution < 1.29 is 23.7 Å². The summed E-state index contributed by atoms with van der Waals surface area (Å²) < 4.78 is 28.2. The van der Waals surface area contributed by atoms with Crippen LogP contribution in [0.15, 0.2) is 38.0 Å². The van der Waals surface area contributed by atoms with Gasteiger partial charge < -0.3 is 23.7 Å². The van der Waals surface area contributed by atoms with Gasteiger partial charge in [0, 0.05) is 13.5 Å². The van der Waals surface area contributed by atoms with E-state index in [4.69, 9.17) is 23.7 Å². The van der Waals surface area contributed by atoms with E-state index in [-0.39, 0.29) is 18.3 Å². The summed E-state index contributed by atoms with van der Waals surface area (Å²) in [5.41, 5.74) is 0. The first kappa shape index (κ1) is 18.1. The third-order valence-electron chi connectivity index (χ3n) is 3.06. The molecule has 0 amide bonds. The molecule has 0 aromatic rings. The zero-order valence-electron chi connectivity index (χ0n) is 12.7. The fraction of sp³-hybridized carbons (Fsp3) is 0.625. The van der Waals surface area contributed by atoms with Crippen molar-refractivity contribution >= 4 is 0 Å². The van der Waals surface area contributed by atoms with E-state index < -0.39 is 6.29 Å². The molecule has 0 saturated carbocycles. The number of hydrogen-bond acceptors (Lipinski definition) is 5. The van der Waals surface area contributed by atoms with Gasteiger partial charge in [0.25, 0.3) is 0 Å². The Hall–Kier alpha value is -0.980. The Morgan fingerprint density at radius 2 is 1.71 bits per heavy atom. The topological polar surface area (TPSA) is 46.2 Å². The average Bonchev–Trinajstić information content (AvgIpc) is 2.51. The molecule has 4 atom stereocenters. The molecular weight excluding hydrogens is 272 g/mol. The Balaban J connectivity index is 2.65. The molecule has 5 heteroatoms. The normalized spacial score (nSPS) is 29.0. The molecule has 1 aliphatic rings. The van der Waals surface area contributed by atoms with Crippen molar-refractivity contribution in [3.63, 3.8) is 0 Å². The highest BCUT2D eigenvalue weighted by molar-refractivity contribution is 4.86. The second kappa shape index (κ2) is 10.7. The minimum absolute atomic E-state index is 0.103. The summed E-state index contributed by atoms with van der Waals surface area (Å²) in [6.45, 7) is 12.8.